The molecule has 0 aromatic heterocycles. The molecule has 19 heavy (non-hydrogen) atoms. The standard InChI is InChI=1S/C14H22N2O3/c1-9-7-16(8-10(9)13(18)19)12(17)11-6-14(11)2-4-15-5-3-14/h9-11,15H,2-8H2,1H3,(H,18,19)/t9-,10-,11?/m1/s1. The van der Waals surface area contributed by atoms with E-state index in [4.69, 9.17) is 5.11 Å². The van der Waals surface area contributed by atoms with E-state index in [9.17, 15) is 9.59 Å². The van der Waals surface area contributed by atoms with Gasteiger partial charge < -0.3 is 15.3 Å². The van der Waals surface area contributed by atoms with E-state index in [2.05, 4.69) is 5.32 Å². The van der Waals surface area contributed by atoms with Crippen LogP contribution in [-0.2, 0) is 9.59 Å². The minimum absolute atomic E-state index is 0.0733. The number of carbonyl (C=O) groups excluding carboxylic acids is 1. The van der Waals surface area contributed by atoms with Crippen LogP contribution >= 0.6 is 0 Å². The third-order valence-corrected chi connectivity index (χ3v) is 5.33. The Morgan fingerprint density at radius 3 is 2.53 bits per heavy atom. The molecule has 106 valence electrons. The Morgan fingerprint density at radius 2 is 1.95 bits per heavy atom. The Balaban J connectivity index is 1.62. The summed E-state index contributed by atoms with van der Waals surface area (Å²) in [6, 6.07) is 0. The van der Waals surface area contributed by atoms with Crippen molar-refractivity contribution < 1.29 is 14.7 Å². The zero-order valence-corrected chi connectivity index (χ0v) is 11.4. The molecule has 3 fully saturated rings. The number of hydrogen-bond donors (Lipinski definition) is 2. The Hall–Kier alpha value is -1.10. The predicted molar refractivity (Wildman–Crippen MR) is 69.5 cm³/mol. The van der Waals surface area contributed by atoms with E-state index in [1.165, 1.54) is 0 Å². The third-order valence-electron chi connectivity index (χ3n) is 5.33. The lowest BCUT2D eigenvalue weighted by atomic mass is 9.91. The van der Waals surface area contributed by atoms with E-state index in [-0.39, 0.29) is 29.1 Å². The van der Waals surface area contributed by atoms with Gasteiger partial charge in [0, 0.05) is 19.0 Å². The molecule has 1 spiro atoms. The van der Waals surface area contributed by atoms with Crippen LogP contribution in [0.2, 0.25) is 0 Å². The van der Waals surface area contributed by atoms with E-state index < -0.39 is 5.97 Å². The number of likely N-dealkylation sites (tertiary alicyclic amines) is 1. The van der Waals surface area contributed by atoms with Crippen molar-refractivity contribution in [3.63, 3.8) is 0 Å². The molecule has 0 radical (unpaired) electrons. The molecule has 5 nitrogen and oxygen atoms in total. The minimum atomic E-state index is -0.768. The van der Waals surface area contributed by atoms with E-state index in [0.717, 1.165) is 32.4 Å². The van der Waals surface area contributed by atoms with Gasteiger partial charge in [-0.25, -0.2) is 0 Å². The number of piperidine rings is 1. The molecule has 0 aromatic carbocycles. The summed E-state index contributed by atoms with van der Waals surface area (Å²) in [6.07, 6.45) is 3.19. The molecule has 3 aliphatic rings. The maximum absolute atomic E-state index is 12.5. The Labute approximate surface area is 113 Å². The first-order valence-corrected chi connectivity index (χ1v) is 7.26. The second kappa shape index (κ2) is 4.47. The van der Waals surface area contributed by atoms with Crippen LogP contribution in [-0.4, -0.2) is 48.1 Å². The molecule has 1 aliphatic carbocycles. The first-order chi connectivity index (χ1) is 9.03. The summed E-state index contributed by atoms with van der Waals surface area (Å²) in [5, 5.41) is 12.5. The predicted octanol–water partition coefficient (Wildman–Crippen LogP) is 0.555. The van der Waals surface area contributed by atoms with Crippen molar-refractivity contribution in [3.8, 4) is 0 Å². The van der Waals surface area contributed by atoms with E-state index in [1.807, 2.05) is 6.92 Å². The van der Waals surface area contributed by atoms with Gasteiger partial charge in [0.1, 0.15) is 0 Å². The number of nitrogens with one attached hydrogen (secondary N) is 1. The van der Waals surface area contributed by atoms with Gasteiger partial charge >= 0.3 is 5.97 Å². The van der Waals surface area contributed by atoms with Gasteiger partial charge in [-0.15, -0.1) is 0 Å². The lowest BCUT2D eigenvalue weighted by Gasteiger charge is -2.25. The first-order valence-electron chi connectivity index (χ1n) is 7.26. The SMILES string of the molecule is C[C@@H]1CN(C(=O)C2CC23CCNCC3)C[C@H]1C(=O)O. The minimum Gasteiger partial charge on any atom is -0.481 e. The number of nitrogens with zero attached hydrogens (tertiary/aromatic N) is 1. The van der Waals surface area contributed by atoms with Crippen molar-refractivity contribution in [2.75, 3.05) is 26.2 Å². The smallest absolute Gasteiger partial charge is 0.308 e. The molecule has 2 heterocycles. The lowest BCUT2D eigenvalue weighted by molar-refractivity contribution is -0.142. The molecular formula is C14H22N2O3. The van der Waals surface area contributed by atoms with Crippen LogP contribution in [0.3, 0.4) is 0 Å². The number of amides is 1. The highest BCUT2D eigenvalue weighted by atomic mass is 16.4. The molecule has 0 aromatic rings. The van der Waals surface area contributed by atoms with E-state index >= 15 is 0 Å². The average molecular weight is 266 g/mol. The van der Waals surface area contributed by atoms with E-state index in [0.29, 0.717) is 13.1 Å². The maximum Gasteiger partial charge on any atom is 0.308 e. The van der Waals surface area contributed by atoms with Crippen LogP contribution < -0.4 is 5.32 Å². The van der Waals surface area contributed by atoms with Gasteiger partial charge in [-0.2, -0.15) is 0 Å². The summed E-state index contributed by atoms with van der Waals surface area (Å²) in [7, 11) is 0. The monoisotopic (exact) mass is 266 g/mol. The van der Waals surface area contributed by atoms with Crippen LogP contribution in [0.25, 0.3) is 0 Å². The summed E-state index contributed by atoms with van der Waals surface area (Å²) in [5.74, 6) is -0.710. The summed E-state index contributed by atoms with van der Waals surface area (Å²) in [6.45, 7) is 4.97. The zero-order valence-electron chi connectivity index (χ0n) is 11.4. The highest BCUT2D eigenvalue weighted by Crippen LogP contribution is 2.59. The number of rotatable bonds is 2. The van der Waals surface area contributed by atoms with Gasteiger partial charge in [0.25, 0.3) is 0 Å². The molecule has 2 N–H and O–H groups in total. The normalized spacial score (nSPS) is 36.5. The van der Waals surface area contributed by atoms with Crippen molar-refractivity contribution >= 4 is 11.9 Å². The fourth-order valence-corrected chi connectivity index (χ4v) is 3.86. The average Bonchev–Trinajstić information content (AvgIpc) is 2.91. The Bertz CT molecular complexity index is 403. The molecule has 0 bridgehead atoms. The van der Waals surface area contributed by atoms with Gasteiger partial charge in [0.15, 0.2) is 0 Å². The van der Waals surface area contributed by atoms with Crippen molar-refractivity contribution in [2.24, 2.45) is 23.2 Å². The van der Waals surface area contributed by atoms with Gasteiger partial charge in [0.2, 0.25) is 5.91 Å². The first kappa shape index (κ1) is 12.9. The molecular weight excluding hydrogens is 244 g/mol. The zero-order chi connectivity index (χ0) is 13.6. The van der Waals surface area contributed by atoms with Crippen molar-refractivity contribution in [3.05, 3.63) is 0 Å². The highest BCUT2D eigenvalue weighted by molar-refractivity contribution is 5.84. The maximum atomic E-state index is 12.5. The quantitative estimate of drug-likeness (QED) is 0.766. The van der Waals surface area contributed by atoms with Crippen LogP contribution in [0.4, 0.5) is 0 Å². The second-order valence-corrected chi connectivity index (χ2v) is 6.53. The van der Waals surface area contributed by atoms with Crippen molar-refractivity contribution in [1.29, 1.82) is 0 Å². The molecule has 1 amide bonds. The summed E-state index contributed by atoms with van der Waals surface area (Å²) < 4.78 is 0. The molecule has 3 atom stereocenters. The van der Waals surface area contributed by atoms with Crippen molar-refractivity contribution in [2.45, 2.75) is 26.2 Å². The third kappa shape index (κ3) is 2.14. The fraction of sp³-hybridized carbons (Fsp3) is 0.857. The van der Waals surface area contributed by atoms with Crippen LogP contribution in [0.1, 0.15) is 26.2 Å². The molecule has 1 saturated carbocycles. The van der Waals surface area contributed by atoms with Gasteiger partial charge in [-0.05, 0) is 43.7 Å². The highest BCUT2D eigenvalue weighted by Gasteiger charge is 2.59. The van der Waals surface area contributed by atoms with Gasteiger partial charge in [0.05, 0.1) is 5.92 Å². The van der Waals surface area contributed by atoms with Crippen LogP contribution in [0.15, 0.2) is 0 Å². The molecule has 5 heteroatoms. The Kier molecular flexibility index (Phi) is 3.04. The Morgan fingerprint density at radius 1 is 1.26 bits per heavy atom. The number of carbonyl (C=O) groups is 2. The molecule has 3 rings (SSSR count). The fourth-order valence-electron chi connectivity index (χ4n) is 3.86. The number of aliphatic carboxylic acids is 1. The van der Waals surface area contributed by atoms with Crippen LogP contribution in [0, 0.1) is 23.2 Å². The number of hydrogen-bond acceptors (Lipinski definition) is 3. The summed E-state index contributed by atoms with van der Waals surface area (Å²) in [4.78, 5) is 25.4. The van der Waals surface area contributed by atoms with Crippen LogP contribution in [0.5, 0.6) is 0 Å². The summed E-state index contributed by atoms with van der Waals surface area (Å²) in [5.41, 5.74) is 0.243. The molecule has 2 saturated heterocycles. The topological polar surface area (TPSA) is 69.6 Å². The number of carboxylic acid groups (broad SMARTS) is 1. The summed E-state index contributed by atoms with van der Waals surface area (Å²) >= 11 is 0. The lowest BCUT2D eigenvalue weighted by Crippen LogP contribution is -2.36. The van der Waals surface area contributed by atoms with Gasteiger partial charge in [-0.1, -0.05) is 6.92 Å². The van der Waals surface area contributed by atoms with E-state index in [1.54, 1.807) is 4.90 Å². The number of carboxylic acids is 1. The molecule has 2 aliphatic heterocycles. The van der Waals surface area contributed by atoms with Crippen molar-refractivity contribution in [1.82, 2.24) is 10.2 Å². The second-order valence-electron chi connectivity index (χ2n) is 6.53. The molecule has 1 unspecified atom stereocenters. The van der Waals surface area contributed by atoms with Gasteiger partial charge in [-0.3, -0.25) is 9.59 Å². The largest absolute Gasteiger partial charge is 0.481 e.